The maximum absolute atomic E-state index is 12.0. The summed E-state index contributed by atoms with van der Waals surface area (Å²) in [6, 6.07) is 13.1. The third-order valence-corrected chi connectivity index (χ3v) is 6.17. The first-order valence-corrected chi connectivity index (χ1v) is 11.8. The lowest BCUT2D eigenvalue weighted by molar-refractivity contribution is 0.101. The fourth-order valence-corrected chi connectivity index (χ4v) is 4.15. The molecule has 3 N–H and O–H groups in total. The number of methoxy groups -OCH3 is 1. The second-order valence-electron chi connectivity index (χ2n) is 8.18. The minimum Gasteiger partial charge on any atom is -0.494 e. The number of carbonyl (C=O) groups excluding carboxylic acids is 1. The van der Waals surface area contributed by atoms with Crippen molar-refractivity contribution < 1.29 is 14.6 Å². The molecule has 1 aromatic heterocycles. The van der Waals surface area contributed by atoms with Crippen molar-refractivity contribution in [2.45, 2.75) is 6.92 Å². The maximum atomic E-state index is 12.0. The van der Waals surface area contributed by atoms with Gasteiger partial charge in [0, 0.05) is 50.0 Å². The van der Waals surface area contributed by atoms with Crippen molar-refractivity contribution in [3.63, 3.8) is 0 Å². The van der Waals surface area contributed by atoms with Crippen LogP contribution in [0.25, 0.3) is 0 Å². The van der Waals surface area contributed by atoms with E-state index in [-0.39, 0.29) is 12.4 Å². The smallest absolute Gasteiger partial charge is 0.229 e. The van der Waals surface area contributed by atoms with E-state index in [1.54, 1.807) is 25.3 Å². The number of nitrogens with one attached hydrogen (secondary N) is 2. The predicted octanol–water partition coefficient (Wildman–Crippen LogP) is 3.94. The van der Waals surface area contributed by atoms with E-state index in [0.29, 0.717) is 46.0 Å². The first-order chi connectivity index (χ1) is 17.0. The predicted molar refractivity (Wildman–Crippen MR) is 139 cm³/mol. The highest BCUT2D eigenvalue weighted by atomic mass is 35.5. The number of anilines is 5. The van der Waals surface area contributed by atoms with Gasteiger partial charge in [-0.3, -0.25) is 9.69 Å². The van der Waals surface area contributed by atoms with Gasteiger partial charge in [-0.25, -0.2) is 4.98 Å². The van der Waals surface area contributed by atoms with Crippen molar-refractivity contribution >= 4 is 46.2 Å². The van der Waals surface area contributed by atoms with Crippen molar-refractivity contribution in [1.29, 1.82) is 0 Å². The number of Topliss-reactive ketones (excluding diaryl/α,β-unsaturated/α-hetero) is 1. The van der Waals surface area contributed by atoms with Crippen LogP contribution in [0, 0.1) is 0 Å². The molecule has 2 aromatic carbocycles. The molecule has 0 amide bonds. The summed E-state index contributed by atoms with van der Waals surface area (Å²) in [6.45, 7) is 5.98. The van der Waals surface area contributed by atoms with Crippen molar-refractivity contribution in [3.05, 3.63) is 59.2 Å². The molecule has 4 rings (SSSR count). The Morgan fingerprint density at radius 2 is 1.89 bits per heavy atom. The fraction of sp³-hybridized carbons (Fsp3) is 0.320. The molecule has 0 spiro atoms. The highest BCUT2D eigenvalue weighted by Gasteiger charge is 2.18. The monoisotopic (exact) mass is 496 g/mol. The van der Waals surface area contributed by atoms with Gasteiger partial charge in [0.2, 0.25) is 5.95 Å². The lowest BCUT2D eigenvalue weighted by Crippen LogP contribution is -2.47. The zero-order valence-corrected chi connectivity index (χ0v) is 20.5. The zero-order chi connectivity index (χ0) is 24.8. The number of rotatable bonds is 9. The average molecular weight is 497 g/mol. The molecule has 1 saturated heterocycles. The molecule has 0 bridgehead atoms. The van der Waals surface area contributed by atoms with Crippen LogP contribution >= 0.6 is 11.6 Å². The van der Waals surface area contributed by atoms with Crippen molar-refractivity contribution in [1.82, 2.24) is 14.9 Å². The molecule has 1 aliphatic heterocycles. The summed E-state index contributed by atoms with van der Waals surface area (Å²) in [5, 5.41) is 15.8. The maximum Gasteiger partial charge on any atom is 0.229 e. The summed E-state index contributed by atoms with van der Waals surface area (Å²) < 4.78 is 5.63. The van der Waals surface area contributed by atoms with E-state index >= 15 is 0 Å². The zero-order valence-electron chi connectivity index (χ0n) is 19.8. The number of aliphatic hydroxyl groups is 1. The van der Waals surface area contributed by atoms with Crippen LogP contribution in [-0.4, -0.2) is 72.2 Å². The Labute approximate surface area is 209 Å². The normalized spacial score (nSPS) is 14.0. The van der Waals surface area contributed by atoms with Crippen molar-refractivity contribution in [3.8, 4) is 5.75 Å². The Hall–Kier alpha value is -3.40. The number of ketones is 1. The summed E-state index contributed by atoms with van der Waals surface area (Å²) in [4.78, 5) is 25.3. The minimum atomic E-state index is -0.0590. The molecule has 0 unspecified atom stereocenters. The Kier molecular flexibility index (Phi) is 8.02. The van der Waals surface area contributed by atoms with Crippen LogP contribution in [-0.2, 0) is 0 Å². The summed E-state index contributed by atoms with van der Waals surface area (Å²) in [6.07, 6.45) is 1.50. The highest BCUT2D eigenvalue weighted by Crippen LogP contribution is 2.33. The number of para-hydroxylation sites is 1. The second kappa shape index (κ2) is 11.4. The average Bonchev–Trinajstić information content (AvgIpc) is 2.87. The number of aromatic nitrogens is 2. The van der Waals surface area contributed by atoms with E-state index in [4.69, 9.17) is 21.4 Å². The Balaban J connectivity index is 1.51. The van der Waals surface area contributed by atoms with Crippen LogP contribution in [0.5, 0.6) is 5.75 Å². The van der Waals surface area contributed by atoms with E-state index in [1.807, 2.05) is 24.3 Å². The van der Waals surface area contributed by atoms with Gasteiger partial charge in [-0.05, 0) is 31.2 Å². The lowest BCUT2D eigenvalue weighted by atomic mass is 10.1. The van der Waals surface area contributed by atoms with Crippen LogP contribution in [0.1, 0.15) is 17.3 Å². The van der Waals surface area contributed by atoms with Gasteiger partial charge in [0.1, 0.15) is 10.8 Å². The molecule has 0 aliphatic carbocycles. The highest BCUT2D eigenvalue weighted by molar-refractivity contribution is 6.33. The molecular weight excluding hydrogens is 468 g/mol. The van der Waals surface area contributed by atoms with E-state index in [2.05, 4.69) is 30.4 Å². The summed E-state index contributed by atoms with van der Waals surface area (Å²) >= 11 is 6.33. The molecule has 1 aliphatic rings. The van der Waals surface area contributed by atoms with E-state index < -0.39 is 0 Å². The number of β-amino-alcohol motifs (C(OH)–C–C–N with tert-alkyl or cyclic N) is 1. The van der Waals surface area contributed by atoms with Gasteiger partial charge >= 0.3 is 0 Å². The number of piperazine rings is 1. The van der Waals surface area contributed by atoms with Gasteiger partial charge < -0.3 is 25.4 Å². The molecule has 10 heteroatoms. The first kappa shape index (κ1) is 24.7. The molecule has 0 saturated carbocycles. The molecular formula is C25H29ClN6O3. The quantitative estimate of drug-likeness (QED) is 0.380. The molecule has 2 heterocycles. The van der Waals surface area contributed by atoms with E-state index in [1.165, 1.54) is 13.1 Å². The van der Waals surface area contributed by atoms with Crippen LogP contribution in [0.3, 0.4) is 0 Å². The first-order valence-electron chi connectivity index (χ1n) is 11.4. The number of aliphatic hydroxyl groups excluding tert-OH is 1. The Morgan fingerprint density at radius 3 is 2.60 bits per heavy atom. The molecule has 184 valence electrons. The van der Waals surface area contributed by atoms with Crippen LogP contribution in [0.2, 0.25) is 5.02 Å². The molecule has 0 atom stereocenters. The summed E-state index contributed by atoms with van der Waals surface area (Å²) in [5.74, 6) is 1.32. The number of hydrogen-bond donors (Lipinski definition) is 3. The van der Waals surface area contributed by atoms with E-state index in [9.17, 15) is 4.79 Å². The molecule has 35 heavy (non-hydrogen) atoms. The Morgan fingerprint density at radius 1 is 1.11 bits per heavy atom. The fourth-order valence-electron chi connectivity index (χ4n) is 4.01. The van der Waals surface area contributed by atoms with Gasteiger partial charge in [0.15, 0.2) is 11.6 Å². The number of benzene rings is 2. The van der Waals surface area contributed by atoms with Gasteiger partial charge in [0.25, 0.3) is 0 Å². The van der Waals surface area contributed by atoms with Crippen molar-refractivity contribution in [2.24, 2.45) is 0 Å². The SMILES string of the molecule is COc1cc(N2CCN(CCO)CC2)ccc1Nc1ncc(Cl)c(Nc2ccccc2C(C)=O)n1. The van der Waals surface area contributed by atoms with Crippen LogP contribution < -0.4 is 20.3 Å². The molecule has 9 nitrogen and oxygen atoms in total. The minimum absolute atomic E-state index is 0.0590. The second-order valence-corrected chi connectivity index (χ2v) is 8.59. The standard InChI is InChI=1S/C25H29ClN6O3/c1-17(34)19-5-3-4-6-21(19)28-24-20(26)16-27-25(30-24)29-22-8-7-18(15-23(22)35-2)32-11-9-31(10-12-32)13-14-33/h3-8,15-16,33H,9-14H2,1-2H3,(H2,27,28,29,30). The molecule has 0 radical (unpaired) electrons. The topological polar surface area (TPSA) is 103 Å². The third-order valence-electron chi connectivity index (χ3n) is 5.89. The van der Waals surface area contributed by atoms with Crippen LogP contribution in [0.4, 0.5) is 28.8 Å². The largest absolute Gasteiger partial charge is 0.494 e. The van der Waals surface area contributed by atoms with Gasteiger partial charge in [-0.15, -0.1) is 0 Å². The van der Waals surface area contributed by atoms with E-state index in [0.717, 1.165) is 31.9 Å². The van der Waals surface area contributed by atoms with Crippen LogP contribution in [0.15, 0.2) is 48.7 Å². The van der Waals surface area contributed by atoms with Gasteiger partial charge in [-0.2, -0.15) is 4.98 Å². The molecule has 1 fully saturated rings. The third kappa shape index (κ3) is 6.00. The number of nitrogens with zero attached hydrogens (tertiary/aromatic N) is 4. The number of halogens is 1. The Bertz CT molecular complexity index is 1180. The summed E-state index contributed by atoms with van der Waals surface area (Å²) in [5.41, 5.74) is 2.95. The lowest BCUT2D eigenvalue weighted by Gasteiger charge is -2.36. The number of ether oxygens (including phenoxy) is 1. The molecule has 3 aromatic rings. The van der Waals surface area contributed by atoms with Crippen molar-refractivity contribution in [2.75, 3.05) is 62.0 Å². The number of hydrogen-bond acceptors (Lipinski definition) is 9. The van der Waals surface area contributed by atoms with Gasteiger partial charge in [0.05, 0.1) is 31.3 Å². The number of carbonyl (C=O) groups is 1. The van der Waals surface area contributed by atoms with Gasteiger partial charge in [-0.1, -0.05) is 23.7 Å². The summed E-state index contributed by atoms with van der Waals surface area (Å²) in [7, 11) is 1.62.